The van der Waals surface area contributed by atoms with E-state index < -0.39 is 10.0 Å². The van der Waals surface area contributed by atoms with Crippen molar-refractivity contribution in [2.24, 2.45) is 5.92 Å². The fourth-order valence-electron chi connectivity index (χ4n) is 2.58. The van der Waals surface area contributed by atoms with E-state index in [-0.39, 0.29) is 0 Å². The molecule has 0 aliphatic heterocycles. The second kappa shape index (κ2) is 6.68. The third kappa shape index (κ3) is 4.87. The van der Waals surface area contributed by atoms with Crippen LogP contribution < -0.4 is 10.0 Å². The number of anilines is 2. The van der Waals surface area contributed by atoms with Crippen molar-refractivity contribution < 1.29 is 8.42 Å². The van der Waals surface area contributed by atoms with E-state index in [1.807, 2.05) is 0 Å². The van der Waals surface area contributed by atoms with Crippen LogP contribution in [0.2, 0.25) is 5.02 Å². The molecule has 0 amide bonds. The Labute approximate surface area is 126 Å². The summed E-state index contributed by atoms with van der Waals surface area (Å²) in [5.41, 5.74) is 1.31. The highest BCUT2D eigenvalue weighted by molar-refractivity contribution is 7.92. The van der Waals surface area contributed by atoms with Crippen LogP contribution in [0, 0.1) is 5.92 Å². The average Bonchev–Trinajstić information content (AvgIpc) is 2.39. The SMILES string of the molecule is CS(=O)(=O)Nc1ccc(Cl)c(NCC2CCCCC2)c1. The number of nitrogens with one attached hydrogen (secondary N) is 2. The lowest BCUT2D eigenvalue weighted by Crippen LogP contribution is -2.17. The van der Waals surface area contributed by atoms with Crippen molar-refractivity contribution in [3.05, 3.63) is 23.2 Å². The lowest BCUT2D eigenvalue weighted by Gasteiger charge is -2.22. The Morgan fingerprint density at radius 1 is 1.25 bits per heavy atom. The minimum Gasteiger partial charge on any atom is -0.384 e. The molecule has 0 heterocycles. The van der Waals surface area contributed by atoms with Crippen molar-refractivity contribution in [3.8, 4) is 0 Å². The first-order chi connectivity index (χ1) is 9.44. The summed E-state index contributed by atoms with van der Waals surface area (Å²) in [6, 6.07) is 5.11. The summed E-state index contributed by atoms with van der Waals surface area (Å²) in [6.07, 6.45) is 7.59. The van der Waals surface area contributed by atoms with Crippen molar-refractivity contribution >= 4 is 33.0 Å². The van der Waals surface area contributed by atoms with Crippen LogP contribution >= 0.6 is 11.6 Å². The lowest BCUT2D eigenvalue weighted by molar-refractivity contribution is 0.373. The summed E-state index contributed by atoms with van der Waals surface area (Å²) in [7, 11) is -3.26. The number of hydrogen-bond acceptors (Lipinski definition) is 3. The molecular formula is C14H21ClN2O2S. The molecule has 1 aliphatic rings. The van der Waals surface area contributed by atoms with E-state index in [9.17, 15) is 8.42 Å². The van der Waals surface area contributed by atoms with Crippen LogP contribution in [-0.2, 0) is 10.0 Å². The summed E-state index contributed by atoms with van der Waals surface area (Å²) >= 11 is 6.15. The zero-order valence-corrected chi connectivity index (χ0v) is 13.2. The Hall–Kier alpha value is -0.940. The van der Waals surface area contributed by atoms with Crippen molar-refractivity contribution in [1.29, 1.82) is 0 Å². The minimum atomic E-state index is -3.26. The van der Waals surface area contributed by atoms with Gasteiger partial charge in [0.15, 0.2) is 0 Å². The van der Waals surface area contributed by atoms with Gasteiger partial charge in [-0.15, -0.1) is 0 Å². The van der Waals surface area contributed by atoms with Gasteiger partial charge in [-0.25, -0.2) is 8.42 Å². The average molecular weight is 317 g/mol. The minimum absolute atomic E-state index is 0.531. The molecule has 0 unspecified atom stereocenters. The molecule has 4 nitrogen and oxygen atoms in total. The van der Waals surface area contributed by atoms with Crippen LogP contribution in [0.3, 0.4) is 0 Å². The topological polar surface area (TPSA) is 58.2 Å². The van der Waals surface area contributed by atoms with Crippen LogP contribution in [0.4, 0.5) is 11.4 Å². The van der Waals surface area contributed by atoms with Crippen LogP contribution in [0.15, 0.2) is 18.2 Å². The Balaban J connectivity index is 2.00. The molecule has 6 heteroatoms. The first-order valence-corrected chi connectivity index (χ1v) is 9.22. The number of hydrogen-bond donors (Lipinski definition) is 2. The smallest absolute Gasteiger partial charge is 0.229 e. The summed E-state index contributed by atoms with van der Waals surface area (Å²) in [5.74, 6) is 0.686. The standard InChI is InChI=1S/C14H21ClN2O2S/c1-20(18,19)17-12-7-8-13(15)14(9-12)16-10-11-5-3-2-4-6-11/h7-9,11,16-17H,2-6,10H2,1H3. The van der Waals surface area contributed by atoms with Gasteiger partial charge >= 0.3 is 0 Å². The van der Waals surface area contributed by atoms with E-state index in [0.717, 1.165) is 18.5 Å². The van der Waals surface area contributed by atoms with E-state index in [1.165, 1.54) is 32.1 Å². The second-order valence-electron chi connectivity index (χ2n) is 5.45. The molecule has 1 fully saturated rings. The van der Waals surface area contributed by atoms with Crippen molar-refractivity contribution in [1.82, 2.24) is 0 Å². The lowest BCUT2D eigenvalue weighted by atomic mass is 9.89. The molecule has 1 saturated carbocycles. The van der Waals surface area contributed by atoms with E-state index in [2.05, 4.69) is 10.0 Å². The summed E-state index contributed by atoms with van der Waals surface area (Å²) < 4.78 is 24.9. The predicted molar refractivity (Wildman–Crippen MR) is 85.0 cm³/mol. The summed E-state index contributed by atoms with van der Waals surface area (Å²) in [4.78, 5) is 0. The van der Waals surface area contributed by atoms with E-state index >= 15 is 0 Å². The summed E-state index contributed by atoms with van der Waals surface area (Å²) in [5, 5.41) is 3.95. The molecule has 1 aromatic rings. The largest absolute Gasteiger partial charge is 0.384 e. The van der Waals surface area contributed by atoms with Gasteiger partial charge < -0.3 is 5.32 Å². The molecule has 1 aromatic carbocycles. The number of sulfonamides is 1. The third-order valence-electron chi connectivity index (χ3n) is 3.58. The monoisotopic (exact) mass is 316 g/mol. The summed E-state index contributed by atoms with van der Waals surface area (Å²) in [6.45, 7) is 0.891. The fraction of sp³-hybridized carbons (Fsp3) is 0.571. The molecule has 0 bridgehead atoms. The Morgan fingerprint density at radius 3 is 2.60 bits per heavy atom. The fourth-order valence-corrected chi connectivity index (χ4v) is 3.32. The zero-order chi connectivity index (χ0) is 14.6. The predicted octanol–water partition coefficient (Wildman–Crippen LogP) is 3.70. The molecular weight excluding hydrogens is 296 g/mol. The Morgan fingerprint density at radius 2 is 1.95 bits per heavy atom. The molecule has 112 valence electrons. The molecule has 0 atom stereocenters. The zero-order valence-electron chi connectivity index (χ0n) is 11.7. The maximum absolute atomic E-state index is 11.2. The highest BCUT2D eigenvalue weighted by Crippen LogP contribution is 2.28. The van der Waals surface area contributed by atoms with Crippen molar-refractivity contribution in [2.75, 3.05) is 22.8 Å². The molecule has 0 spiro atoms. The molecule has 2 rings (SSSR count). The molecule has 2 N–H and O–H groups in total. The van der Waals surface area contributed by atoms with Crippen molar-refractivity contribution in [3.63, 3.8) is 0 Å². The third-order valence-corrected chi connectivity index (χ3v) is 4.51. The van der Waals surface area contributed by atoms with Gasteiger partial charge in [0, 0.05) is 6.54 Å². The highest BCUT2D eigenvalue weighted by Gasteiger charge is 2.14. The maximum atomic E-state index is 11.2. The van der Waals surface area contributed by atoms with Gasteiger partial charge in [-0.05, 0) is 37.0 Å². The molecule has 1 aliphatic carbocycles. The normalized spacial score (nSPS) is 16.9. The van der Waals surface area contributed by atoms with E-state index in [1.54, 1.807) is 18.2 Å². The van der Waals surface area contributed by atoms with Crippen molar-refractivity contribution in [2.45, 2.75) is 32.1 Å². The molecule has 0 aromatic heterocycles. The first kappa shape index (κ1) is 15.4. The Bertz CT molecular complexity index is 554. The van der Waals surface area contributed by atoms with Gasteiger partial charge in [0.25, 0.3) is 0 Å². The van der Waals surface area contributed by atoms with Gasteiger partial charge in [0.05, 0.1) is 22.7 Å². The maximum Gasteiger partial charge on any atom is 0.229 e. The molecule has 20 heavy (non-hydrogen) atoms. The van der Waals surface area contributed by atoms with Gasteiger partial charge in [-0.1, -0.05) is 30.9 Å². The van der Waals surface area contributed by atoms with Gasteiger partial charge in [0.1, 0.15) is 0 Å². The first-order valence-electron chi connectivity index (χ1n) is 6.95. The number of halogens is 1. The van der Waals surface area contributed by atoms with Gasteiger partial charge in [0.2, 0.25) is 10.0 Å². The second-order valence-corrected chi connectivity index (χ2v) is 7.61. The molecule has 0 radical (unpaired) electrons. The Kier molecular flexibility index (Phi) is 5.16. The van der Waals surface area contributed by atoms with Crippen LogP contribution in [0.25, 0.3) is 0 Å². The quantitative estimate of drug-likeness (QED) is 0.870. The van der Waals surface area contributed by atoms with E-state index in [0.29, 0.717) is 16.6 Å². The van der Waals surface area contributed by atoms with Gasteiger partial charge in [-0.3, -0.25) is 4.72 Å². The van der Waals surface area contributed by atoms with Gasteiger partial charge in [-0.2, -0.15) is 0 Å². The highest BCUT2D eigenvalue weighted by atomic mass is 35.5. The van der Waals surface area contributed by atoms with Crippen LogP contribution in [-0.4, -0.2) is 21.2 Å². The van der Waals surface area contributed by atoms with Crippen LogP contribution in [0.5, 0.6) is 0 Å². The van der Waals surface area contributed by atoms with Crippen LogP contribution in [0.1, 0.15) is 32.1 Å². The number of benzene rings is 1. The molecule has 0 saturated heterocycles. The van der Waals surface area contributed by atoms with E-state index in [4.69, 9.17) is 11.6 Å². The number of rotatable bonds is 5.